The number of pyridine rings is 1. The Kier molecular flexibility index (Phi) is 3.33. The van der Waals surface area contributed by atoms with Crippen molar-refractivity contribution in [2.45, 2.75) is 13.5 Å². The van der Waals surface area contributed by atoms with Crippen molar-refractivity contribution in [2.75, 3.05) is 0 Å². The van der Waals surface area contributed by atoms with Gasteiger partial charge in [0.2, 0.25) is 0 Å². The van der Waals surface area contributed by atoms with Crippen molar-refractivity contribution in [3.8, 4) is 0 Å². The van der Waals surface area contributed by atoms with Crippen LogP contribution in [0.4, 0.5) is 0 Å². The summed E-state index contributed by atoms with van der Waals surface area (Å²) in [7, 11) is 0. The molecule has 0 atom stereocenters. The molecule has 0 unspecified atom stereocenters. The first-order valence-corrected chi connectivity index (χ1v) is 6.86. The van der Waals surface area contributed by atoms with Crippen LogP contribution in [-0.2, 0) is 6.54 Å². The van der Waals surface area contributed by atoms with E-state index in [4.69, 9.17) is 11.6 Å². The molecular formula is C17H14ClNO. The topological polar surface area (TPSA) is 22.0 Å². The third-order valence-electron chi connectivity index (χ3n) is 3.46. The Hall–Kier alpha value is -2.06. The lowest BCUT2D eigenvalue weighted by atomic mass is 10.1. The number of aryl methyl sites for hydroxylation is 1. The molecule has 0 radical (unpaired) electrons. The number of aromatic nitrogens is 1. The number of rotatable bonds is 2. The van der Waals surface area contributed by atoms with Crippen LogP contribution < -0.4 is 5.56 Å². The molecule has 0 saturated heterocycles. The van der Waals surface area contributed by atoms with Crippen LogP contribution in [0.15, 0.2) is 59.4 Å². The van der Waals surface area contributed by atoms with Gasteiger partial charge in [0.05, 0.1) is 12.1 Å². The first-order valence-electron chi connectivity index (χ1n) is 6.49. The maximum absolute atomic E-state index is 12.3. The summed E-state index contributed by atoms with van der Waals surface area (Å²) in [4.78, 5) is 12.3. The lowest BCUT2D eigenvalue weighted by Gasteiger charge is -2.12. The molecular weight excluding hydrogens is 270 g/mol. The van der Waals surface area contributed by atoms with Gasteiger partial charge in [0.15, 0.2) is 0 Å². The van der Waals surface area contributed by atoms with Crippen LogP contribution in [0.25, 0.3) is 10.9 Å². The Morgan fingerprint density at radius 1 is 1.05 bits per heavy atom. The number of benzene rings is 2. The maximum Gasteiger partial charge on any atom is 0.251 e. The van der Waals surface area contributed by atoms with E-state index in [1.807, 2.05) is 55.5 Å². The summed E-state index contributed by atoms with van der Waals surface area (Å²) in [6, 6.07) is 17.3. The Balaban J connectivity index is 2.22. The molecule has 0 aliphatic heterocycles. The fraction of sp³-hybridized carbons (Fsp3) is 0.118. The van der Waals surface area contributed by atoms with Crippen molar-refractivity contribution < 1.29 is 0 Å². The summed E-state index contributed by atoms with van der Waals surface area (Å²) in [6.07, 6.45) is 0. The predicted octanol–water partition coefficient (Wildman–Crippen LogP) is 4.01. The van der Waals surface area contributed by atoms with Gasteiger partial charge in [-0.05, 0) is 36.2 Å². The molecule has 0 N–H and O–H groups in total. The van der Waals surface area contributed by atoms with Crippen LogP contribution >= 0.6 is 11.6 Å². The van der Waals surface area contributed by atoms with Crippen molar-refractivity contribution >= 4 is 22.5 Å². The summed E-state index contributed by atoms with van der Waals surface area (Å²) in [5, 5.41) is 1.71. The highest BCUT2D eigenvalue weighted by atomic mass is 35.5. The van der Waals surface area contributed by atoms with E-state index in [0.717, 1.165) is 22.0 Å². The normalized spacial score (nSPS) is 10.9. The largest absolute Gasteiger partial charge is 0.304 e. The fourth-order valence-corrected chi connectivity index (χ4v) is 2.62. The predicted molar refractivity (Wildman–Crippen MR) is 83.5 cm³/mol. The van der Waals surface area contributed by atoms with Gasteiger partial charge in [-0.2, -0.15) is 0 Å². The lowest BCUT2D eigenvalue weighted by Crippen LogP contribution is -2.20. The van der Waals surface area contributed by atoms with Crippen LogP contribution in [-0.4, -0.2) is 4.57 Å². The highest BCUT2D eigenvalue weighted by molar-refractivity contribution is 6.31. The van der Waals surface area contributed by atoms with E-state index in [-0.39, 0.29) is 5.56 Å². The molecule has 0 saturated carbocycles. The van der Waals surface area contributed by atoms with E-state index in [0.29, 0.717) is 11.6 Å². The first kappa shape index (κ1) is 12.9. The summed E-state index contributed by atoms with van der Waals surface area (Å²) in [5.41, 5.74) is 3.00. The molecule has 0 aliphatic carbocycles. The lowest BCUT2D eigenvalue weighted by molar-refractivity contribution is 0.793. The first-order chi connectivity index (χ1) is 9.65. The minimum atomic E-state index is 0.0150. The molecule has 3 aromatic rings. The van der Waals surface area contributed by atoms with Crippen molar-refractivity contribution in [1.29, 1.82) is 0 Å². The van der Waals surface area contributed by atoms with Crippen LogP contribution in [0, 0.1) is 6.92 Å². The Morgan fingerprint density at radius 2 is 1.80 bits per heavy atom. The van der Waals surface area contributed by atoms with E-state index in [1.54, 1.807) is 10.6 Å². The van der Waals surface area contributed by atoms with Gasteiger partial charge in [0.25, 0.3) is 5.56 Å². The number of hydrogen-bond donors (Lipinski definition) is 0. The molecule has 0 aliphatic rings. The average molecular weight is 284 g/mol. The van der Waals surface area contributed by atoms with Crippen molar-refractivity contribution in [3.63, 3.8) is 0 Å². The summed E-state index contributed by atoms with van der Waals surface area (Å²) < 4.78 is 1.79. The van der Waals surface area contributed by atoms with Gasteiger partial charge < -0.3 is 4.57 Å². The third-order valence-corrected chi connectivity index (χ3v) is 3.70. The monoisotopic (exact) mass is 283 g/mol. The molecule has 3 heteroatoms. The minimum absolute atomic E-state index is 0.0150. The average Bonchev–Trinajstić information content (AvgIpc) is 2.45. The van der Waals surface area contributed by atoms with Crippen LogP contribution in [0.3, 0.4) is 0 Å². The van der Waals surface area contributed by atoms with E-state index in [1.165, 1.54) is 0 Å². The number of nitrogens with zero attached hydrogens (tertiary/aromatic N) is 1. The highest BCUT2D eigenvalue weighted by Crippen LogP contribution is 2.21. The van der Waals surface area contributed by atoms with E-state index in [9.17, 15) is 4.79 Å². The SMILES string of the molecule is Cc1cc(=O)n(Cc2ccccc2)c2ccc(Cl)cc12. The quantitative estimate of drug-likeness (QED) is 0.696. The van der Waals surface area contributed by atoms with Gasteiger partial charge in [-0.25, -0.2) is 0 Å². The number of halogens is 1. The van der Waals surface area contributed by atoms with Gasteiger partial charge in [-0.15, -0.1) is 0 Å². The number of fused-ring (bicyclic) bond motifs is 1. The zero-order valence-corrected chi connectivity index (χ0v) is 11.9. The summed E-state index contributed by atoms with van der Waals surface area (Å²) in [6.45, 7) is 2.50. The fourth-order valence-electron chi connectivity index (χ4n) is 2.45. The van der Waals surface area contributed by atoms with Crippen molar-refractivity contribution in [3.05, 3.63) is 81.1 Å². The molecule has 0 bridgehead atoms. The van der Waals surface area contributed by atoms with E-state index < -0.39 is 0 Å². The molecule has 0 fully saturated rings. The summed E-state index contributed by atoms with van der Waals surface area (Å²) in [5.74, 6) is 0. The Bertz CT molecular complexity index is 822. The second-order valence-corrected chi connectivity index (χ2v) is 5.34. The van der Waals surface area contributed by atoms with Gasteiger partial charge in [0.1, 0.15) is 0 Å². The second kappa shape index (κ2) is 5.14. The molecule has 2 nitrogen and oxygen atoms in total. The van der Waals surface area contributed by atoms with Gasteiger partial charge in [-0.1, -0.05) is 41.9 Å². The molecule has 20 heavy (non-hydrogen) atoms. The van der Waals surface area contributed by atoms with Crippen LogP contribution in [0.1, 0.15) is 11.1 Å². The third kappa shape index (κ3) is 2.35. The van der Waals surface area contributed by atoms with E-state index >= 15 is 0 Å². The standard InChI is InChI=1S/C17H14ClNO/c1-12-9-17(20)19(11-13-5-3-2-4-6-13)16-8-7-14(18)10-15(12)16/h2-10H,11H2,1H3. The van der Waals surface area contributed by atoms with Crippen molar-refractivity contribution in [2.24, 2.45) is 0 Å². The van der Waals surface area contributed by atoms with Crippen LogP contribution in [0.5, 0.6) is 0 Å². The molecule has 1 heterocycles. The van der Waals surface area contributed by atoms with Gasteiger partial charge >= 0.3 is 0 Å². The zero-order valence-electron chi connectivity index (χ0n) is 11.1. The molecule has 2 aromatic carbocycles. The van der Waals surface area contributed by atoms with Crippen molar-refractivity contribution in [1.82, 2.24) is 4.57 Å². The Labute approximate surface area is 122 Å². The molecule has 100 valence electrons. The second-order valence-electron chi connectivity index (χ2n) is 4.90. The van der Waals surface area contributed by atoms with Crippen LogP contribution in [0.2, 0.25) is 5.02 Å². The smallest absolute Gasteiger partial charge is 0.251 e. The maximum atomic E-state index is 12.3. The number of hydrogen-bond acceptors (Lipinski definition) is 1. The minimum Gasteiger partial charge on any atom is -0.304 e. The summed E-state index contributed by atoms with van der Waals surface area (Å²) >= 11 is 6.06. The zero-order chi connectivity index (χ0) is 14.1. The molecule has 0 amide bonds. The van der Waals surface area contributed by atoms with Gasteiger partial charge in [-0.3, -0.25) is 4.79 Å². The molecule has 3 rings (SSSR count). The molecule has 0 spiro atoms. The highest BCUT2D eigenvalue weighted by Gasteiger charge is 2.07. The van der Waals surface area contributed by atoms with Gasteiger partial charge in [0, 0.05) is 16.5 Å². The van der Waals surface area contributed by atoms with E-state index in [2.05, 4.69) is 0 Å². The Morgan fingerprint density at radius 3 is 2.55 bits per heavy atom. The molecule has 1 aromatic heterocycles.